The number of carbonyl (C=O) groups excluding carboxylic acids is 1. The third kappa shape index (κ3) is 3.13. The van der Waals surface area contributed by atoms with Gasteiger partial charge in [-0.3, -0.25) is 4.79 Å². The maximum atomic E-state index is 12.0. The fraction of sp³-hybridized carbons (Fsp3) is 0.200. The molecule has 1 amide bonds. The number of carboxylic acids is 1. The molecular formula is C10H9F2NO4. The third-order valence-corrected chi connectivity index (χ3v) is 1.90. The van der Waals surface area contributed by atoms with Crippen LogP contribution in [-0.2, 0) is 4.79 Å². The van der Waals surface area contributed by atoms with E-state index in [1.54, 1.807) is 0 Å². The topological polar surface area (TPSA) is 75.6 Å². The van der Waals surface area contributed by atoms with Crippen LogP contribution >= 0.6 is 0 Å². The van der Waals surface area contributed by atoms with Gasteiger partial charge in [0.05, 0.1) is 7.11 Å². The van der Waals surface area contributed by atoms with E-state index < -0.39 is 18.3 Å². The average Bonchev–Trinajstić information content (AvgIpc) is 2.28. The van der Waals surface area contributed by atoms with Crippen LogP contribution in [0.5, 0.6) is 5.75 Å². The van der Waals surface area contributed by atoms with Gasteiger partial charge < -0.3 is 15.2 Å². The van der Waals surface area contributed by atoms with Crippen molar-refractivity contribution < 1.29 is 28.2 Å². The fourth-order valence-electron chi connectivity index (χ4n) is 1.14. The number of benzene rings is 1. The number of alkyl halides is 2. The Morgan fingerprint density at radius 3 is 2.53 bits per heavy atom. The van der Waals surface area contributed by atoms with E-state index in [2.05, 4.69) is 0 Å². The van der Waals surface area contributed by atoms with E-state index in [0.29, 0.717) is 0 Å². The summed E-state index contributed by atoms with van der Waals surface area (Å²) in [6.07, 6.45) is -3.14. The summed E-state index contributed by atoms with van der Waals surface area (Å²) in [5.74, 6) is -2.70. The highest BCUT2D eigenvalue weighted by Crippen LogP contribution is 2.23. The average molecular weight is 245 g/mol. The standard InChI is InChI=1S/C10H9F2NO4/c1-17-7-4-5(13-9(14)8(11)12)2-3-6(7)10(15)16/h2-4,8H,1H3,(H,13,14)(H,15,16). The number of carboxylic acid groups (broad SMARTS) is 1. The fourth-order valence-corrected chi connectivity index (χ4v) is 1.14. The highest BCUT2D eigenvalue weighted by atomic mass is 19.3. The molecule has 0 atom stereocenters. The zero-order valence-electron chi connectivity index (χ0n) is 8.74. The number of methoxy groups -OCH3 is 1. The van der Waals surface area contributed by atoms with Crippen LogP contribution in [0.3, 0.4) is 0 Å². The lowest BCUT2D eigenvalue weighted by molar-refractivity contribution is -0.126. The Kier molecular flexibility index (Phi) is 3.97. The van der Waals surface area contributed by atoms with Crippen LogP contribution in [0.2, 0.25) is 0 Å². The van der Waals surface area contributed by atoms with Gasteiger partial charge in [0.1, 0.15) is 11.3 Å². The monoisotopic (exact) mass is 245 g/mol. The summed E-state index contributed by atoms with van der Waals surface area (Å²) in [7, 11) is 1.24. The predicted octanol–water partition coefficient (Wildman–Crippen LogP) is 1.60. The molecule has 0 saturated carbocycles. The van der Waals surface area contributed by atoms with E-state index in [4.69, 9.17) is 9.84 Å². The molecule has 0 aliphatic rings. The molecule has 0 bridgehead atoms. The van der Waals surface area contributed by atoms with E-state index in [1.165, 1.54) is 13.2 Å². The summed E-state index contributed by atoms with van der Waals surface area (Å²) < 4.78 is 28.7. The molecule has 0 radical (unpaired) electrons. The normalized spacial score (nSPS) is 10.1. The van der Waals surface area contributed by atoms with Crippen LogP contribution in [0.15, 0.2) is 18.2 Å². The largest absolute Gasteiger partial charge is 0.496 e. The summed E-state index contributed by atoms with van der Waals surface area (Å²) in [5.41, 5.74) is -0.0836. The molecule has 0 aromatic heterocycles. The van der Waals surface area contributed by atoms with Crippen LogP contribution < -0.4 is 10.1 Å². The predicted molar refractivity (Wildman–Crippen MR) is 54.6 cm³/mol. The molecule has 0 fully saturated rings. The first kappa shape index (κ1) is 12.9. The van der Waals surface area contributed by atoms with Crippen molar-refractivity contribution in [3.8, 4) is 5.75 Å². The maximum absolute atomic E-state index is 12.0. The first-order valence-corrected chi connectivity index (χ1v) is 4.46. The van der Waals surface area contributed by atoms with Crippen molar-refractivity contribution in [2.75, 3.05) is 12.4 Å². The Bertz CT molecular complexity index is 448. The highest BCUT2D eigenvalue weighted by molar-refractivity contribution is 5.95. The summed E-state index contributed by atoms with van der Waals surface area (Å²) in [6.45, 7) is 0. The van der Waals surface area contributed by atoms with E-state index in [1.807, 2.05) is 5.32 Å². The van der Waals surface area contributed by atoms with Crippen LogP contribution in [-0.4, -0.2) is 30.5 Å². The number of nitrogens with one attached hydrogen (secondary N) is 1. The van der Waals surface area contributed by atoms with Crippen molar-refractivity contribution in [3.05, 3.63) is 23.8 Å². The van der Waals surface area contributed by atoms with Crippen LogP contribution in [0.25, 0.3) is 0 Å². The van der Waals surface area contributed by atoms with Gasteiger partial charge in [-0.2, -0.15) is 8.78 Å². The third-order valence-electron chi connectivity index (χ3n) is 1.90. The molecule has 0 spiro atoms. The second kappa shape index (κ2) is 5.24. The van der Waals surface area contributed by atoms with E-state index in [-0.39, 0.29) is 17.0 Å². The molecule has 2 N–H and O–H groups in total. The number of carbonyl (C=O) groups is 2. The zero-order valence-corrected chi connectivity index (χ0v) is 8.74. The highest BCUT2D eigenvalue weighted by Gasteiger charge is 2.17. The lowest BCUT2D eigenvalue weighted by atomic mass is 10.2. The van der Waals surface area contributed by atoms with Gasteiger partial charge in [-0.1, -0.05) is 0 Å². The van der Waals surface area contributed by atoms with E-state index in [9.17, 15) is 18.4 Å². The van der Waals surface area contributed by atoms with E-state index in [0.717, 1.165) is 12.1 Å². The lowest BCUT2D eigenvalue weighted by Crippen LogP contribution is -2.20. The van der Waals surface area contributed by atoms with Crippen molar-refractivity contribution >= 4 is 17.6 Å². The molecule has 0 aliphatic carbocycles. The SMILES string of the molecule is COc1cc(NC(=O)C(F)F)ccc1C(=O)O. The second-order valence-electron chi connectivity index (χ2n) is 3.01. The van der Waals surface area contributed by atoms with Gasteiger partial charge in [-0.15, -0.1) is 0 Å². The molecule has 1 aromatic carbocycles. The molecule has 5 nitrogen and oxygen atoms in total. The number of hydrogen-bond acceptors (Lipinski definition) is 3. The Morgan fingerprint density at radius 2 is 2.06 bits per heavy atom. The molecule has 92 valence electrons. The van der Waals surface area contributed by atoms with Gasteiger partial charge in [-0.25, -0.2) is 4.79 Å². The molecule has 0 heterocycles. The van der Waals surface area contributed by atoms with Gasteiger partial charge >= 0.3 is 12.4 Å². The van der Waals surface area contributed by atoms with Crippen LogP contribution in [0.4, 0.5) is 14.5 Å². The van der Waals surface area contributed by atoms with Gasteiger partial charge in [-0.05, 0) is 12.1 Å². The first-order chi connectivity index (χ1) is 7.95. The molecule has 7 heteroatoms. The Balaban J connectivity index is 2.98. The number of aromatic carboxylic acids is 1. The molecule has 0 unspecified atom stereocenters. The minimum Gasteiger partial charge on any atom is -0.496 e. The van der Waals surface area contributed by atoms with Crippen molar-refractivity contribution in [3.63, 3.8) is 0 Å². The quantitative estimate of drug-likeness (QED) is 0.844. The molecule has 1 rings (SSSR count). The maximum Gasteiger partial charge on any atom is 0.339 e. The number of anilines is 1. The number of rotatable bonds is 4. The van der Waals surface area contributed by atoms with E-state index >= 15 is 0 Å². The summed E-state index contributed by atoms with van der Waals surface area (Å²) in [4.78, 5) is 21.4. The molecule has 17 heavy (non-hydrogen) atoms. The number of amides is 1. The first-order valence-electron chi connectivity index (χ1n) is 4.46. The van der Waals surface area contributed by atoms with Crippen LogP contribution in [0, 0.1) is 0 Å². The number of halogens is 2. The van der Waals surface area contributed by atoms with Gasteiger partial charge in [0.25, 0.3) is 5.91 Å². The Hall–Kier alpha value is -2.18. The smallest absolute Gasteiger partial charge is 0.339 e. The lowest BCUT2D eigenvalue weighted by Gasteiger charge is -2.08. The summed E-state index contributed by atoms with van der Waals surface area (Å²) >= 11 is 0. The van der Waals surface area contributed by atoms with Crippen LogP contribution in [0.1, 0.15) is 10.4 Å². The molecular weight excluding hydrogens is 236 g/mol. The van der Waals surface area contributed by atoms with Gasteiger partial charge in [0.2, 0.25) is 0 Å². The van der Waals surface area contributed by atoms with Crippen molar-refractivity contribution in [2.45, 2.75) is 6.43 Å². The Labute approximate surface area is 95.0 Å². The molecule has 0 saturated heterocycles. The number of hydrogen-bond donors (Lipinski definition) is 2. The summed E-state index contributed by atoms with van der Waals surface area (Å²) in [5, 5.41) is 10.7. The van der Waals surface area contributed by atoms with Crippen molar-refractivity contribution in [1.82, 2.24) is 0 Å². The Morgan fingerprint density at radius 1 is 1.41 bits per heavy atom. The molecule has 1 aromatic rings. The number of ether oxygens (including phenoxy) is 1. The van der Waals surface area contributed by atoms with Gasteiger partial charge in [0, 0.05) is 11.8 Å². The van der Waals surface area contributed by atoms with Crippen molar-refractivity contribution in [2.24, 2.45) is 0 Å². The summed E-state index contributed by atoms with van der Waals surface area (Å²) in [6, 6.07) is 3.51. The zero-order chi connectivity index (χ0) is 13.0. The minimum atomic E-state index is -3.14. The molecule has 0 aliphatic heterocycles. The minimum absolute atomic E-state index is 0.0235. The van der Waals surface area contributed by atoms with Gasteiger partial charge in [0.15, 0.2) is 0 Å². The van der Waals surface area contributed by atoms with Crippen molar-refractivity contribution in [1.29, 1.82) is 0 Å². The second-order valence-corrected chi connectivity index (χ2v) is 3.01.